The summed E-state index contributed by atoms with van der Waals surface area (Å²) in [7, 11) is 1.93. The Balaban J connectivity index is 1.96. The lowest BCUT2D eigenvalue weighted by atomic mass is 9.94. The fraction of sp³-hybridized carbons (Fsp3) is 0.600. The van der Waals surface area contributed by atoms with Gasteiger partial charge in [-0.2, -0.15) is 0 Å². The van der Waals surface area contributed by atoms with E-state index in [1.807, 2.05) is 18.9 Å². The molecule has 1 fully saturated rings. The normalized spacial score (nSPS) is 17.8. The van der Waals surface area contributed by atoms with Crippen molar-refractivity contribution in [3.63, 3.8) is 0 Å². The summed E-state index contributed by atoms with van der Waals surface area (Å²) >= 11 is 7.53. The van der Waals surface area contributed by atoms with Gasteiger partial charge in [-0.3, -0.25) is 4.79 Å². The molecule has 2 rings (SSSR count). The topological polar surface area (TPSA) is 33.2 Å². The Morgan fingerprint density at radius 2 is 2.15 bits per heavy atom. The Bertz CT molecular complexity index is 463. The summed E-state index contributed by atoms with van der Waals surface area (Å²) in [6.07, 6.45) is 7.72. The second kappa shape index (κ2) is 7.32. The van der Waals surface area contributed by atoms with Gasteiger partial charge >= 0.3 is 0 Å². The van der Waals surface area contributed by atoms with Crippen LogP contribution in [0.3, 0.4) is 0 Å². The summed E-state index contributed by atoms with van der Waals surface area (Å²) < 4.78 is 0. The van der Waals surface area contributed by atoms with Crippen molar-refractivity contribution in [2.45, 2.75) is 55.3 Å². The van der Waals surface area contributed by atoms with Crippen LogP contribution in [-0.4, -0.2) is 34.1 Å². The van der Waals surface area contributed by atoms with Crippen LogP contribution in [0.2, 0.25) is 5.02 Å². The van der Waals surface area contributed by atoms with Gasteiger partial charge in [0.1, 0.15) is 5.03 Å². The Hall–Kier alpha value is -0.740. The van der Waals surface area contributed by atoms with Crippen molar-refractivity contribution >= 4 is 29.3 Å². The Morgan fingerprint density at radius 3 is 2.80 bits per heavy atom. The predicted molar refractivity (Wildman–Crippen MR) is 84.2 cm³/mol. The number of amides is 1. The molecule has 1 aromatic heterocycles. The van der Waals surface area contributed by atoms with E-state index in [9.17, 15) is 4.79 Å². The molecule has 0 N–H and O–H groups in total. The van der Waals surface area contributed by atoms with E-state index in [1.54, 1.807) is 18.3 Å². The summed E-state index contributed by atoms with van der Waals surface area (Å²) in [5, 5.41) is 1.18. The molecule has 1 saturated carbocycles. The minimum atomic E-state index is -0.158. The highest BCUT2D eigenvalue weighted by atomic mass is 35.5. The molecule has 0 unspecified atom stereocenters. The van der Waals surface area contributed by atoms with E-state index in [0.717, 1.165) is 17.9 Å². The second-order valence-electron chi connectivity index (χ2n) is 5.29. The van der Waals surface area contributed by atoms with Crippen LogP contribution < -0.4 is 0 Å². The number of halogens is 1. The number of aromatic nitrogens is 1. The van der Waals surface area contributed by atoms with E-state index >= 15 is 0 Å². The van der Waals surface area contributed by atoms with Crippen LogP contribution in [-0.2, 0) is 4.79 Å². The van der Waals surface area contributed by atoms with Crippen LogP contribution in [0.1, 0.15) is 39.0 Å². The van der Waals surface area contributed by atoms with Crippen molar-refractivity contribution in [2.75, 3.05) is 7.05 Å². The van der Waals surface area contributed by atoms with Gasteiger partial charge in [0.05, 0.1) is 10.3 Å². The van der Waals surface area contributed by atoms with Crippen LogP contribution in [0.5, 0.6) is 0 Å². The molecule has 1 aromatic rings. The predicted octanol–water partition coefficient (Wildman–Crippen LogP) is 4.01. The van der Waals surface area contributed by atoms with E-state index in [4.69, 9.17) is 11.6 Å². The molecule has 0 bridgehead atoms. The first-order valence-electron chi connectivity index (χ1n) is 7.13. The lowest BCUT2D eigenvalue weighted by molar-refractivity contribution is -0.131. The van der Waals surface area contributed by atoms with Crippen molar-refractivity contribution in [3.05, 3.63) is 23.4 Å². The molecule has 1 aliphatic carbocycles. The summed E-state index contributed by atoms with van der Waals surface area (Å²) in [4.78, 5) is 18.6. The molecule has 1 amide bonds. The minimum Gasteiger partial charge on any atom is -0.342 e. The number of nitrogens with zero attached hydrogens (tertiary/aromatic N) is 2. The van der Waals surface area contributed by atoms with E-state index in [1.165, 1.54) is 31.0 Å². The SMILES string of the molecule is C[C@@H](Sc1ncccc1Cl)C(=O)N(C)C1CCCCC1. The van der Waals surface area contributed by atoms with Gasteiger partial charge in [0, 0.05) is 19.3 Å². The van der Waals surface area contributed by atoms with Gasteiger partial charge < -0.3 is 4.90 Å². The van der Waals surface area contributed by atoms with Crippen molar-refractivity contribution in [1.82, 2.24) is 9.88 Å². The maximum Gasteiger partial charge on any atom is 0.235 e. The maximum absolute atomic E-state index is 12.5. The number of hydrogen-bond acceptors (Lipinski definition) is 3. The van der Waals surface area contributed by atoms with Crippen LogP contribution in [0, 0.1) is 0 Å². The van der Waals surface area contributed by atoms with Gasteiger partial charge in [-0.25, -0.2) is 4.98 Å². The molecule has 0 radical (unpaired) electrons. The Morgan fingerprint density at radius 1 is 1.45 bits per heavy atom. The second-order valence-corrected chi connectivity index (χ2v) is 7.03. The molecule has 0 aliphatic heterocycles. The first kappa shape index (κ1) is 15.6. The van der Waals surface area contributed by atoms with Crippen LogP contribution >= 0.6 is 23.4 Å². The molecular weight excluding hydrogens is 292 g/mol. The van der Waals surface area contributed by atoms with E-state index < -0.39 is 0 Å². The monoisotopic (exact) mass is 312 g/mol. The standard InChI is InChI=1S/C15H21ClN2OS/c1-11(20-14-13(16)9-6-10-17-14)15(19)18(2)12-7-4-3-5-8-12/h6,9-12H,3-5,7-8H2,1-2H3/t11-/m1/s1. The molecule has 0 spiro atoms. The van der Waals surface area contributed by atoms with Crippen molar-refractivity contribution in [1.29, 1.82) is 0 Å². The van der Waals surface area contributed by atoms with Gasteiger partial charge in [-0.15, -0.1) is 0 Å². The average molecular weight is 313 g/mol. The molecule has 110 valence electrons. The molecule has 1 aliphatic rings. The van der Waals surface area contributed by atoms with Gasteiger partial charge in [-0.1, -0.05) is 42.6 Å². The molecular formula is C15H21ClN2OS. The van der Waals surface area contributed by atoms with Gasteiger partial charge in [-0.05, 0) is 31.9 Å². The summed E-state index contributed by atoms with van der Waals surface area (Å²) in [5.41, 5.74) is 0. The lowest BCUT2D eigenvalue weighted by Crippen LogP contribution is -2.42. The number of carbonyl (C=O) groups is 1. The smallest absolute Gasteiger partial charge is 0.235 e. The minimum absolute atomic E-state index is 0.158. The molecule has 1 atom stereocenters. The summed E-state index contributed by atoms with van der Waals surface area (Å²) in [5.74, 6) is 0.170. The Kier molecular flexibility index (Phi) is 5.73. The number of thioether (sulfide) groups is 1. The van der Waals surface area contributed by atoms with Gasteiger partial charge in [0.15, 0.2) is 0 Å². The molecule has 1 heterocycles. The van der Waals surface area contributed by atoms with Crippen molar-refractivity contribution in [3.8, 4) is 0 Å². The fourth-order valence-electron chi connectivity index (χ4n) is 2.61. The molecule has 20 heavy (non-hydrogen) atoms. The van der Waals surface area contributed by atoms with Gasteiger partial charge in [0.25, 0.3) is 0 Å². The largest absolute Gasteiger partial charge is 0.342 e. The molecule has 5 heteroatoms. The quantitative estimate of drug-likeness (QED) is 0.788. The third-order valence-electron chi connectivity index (χ3n) is 3.83. The van der Waals surface area contributed by atoms with Crippen LogP contribution in [0.25, 0.3) is 0 Å². The zero-order valence-electron chi connectivity index (χ0n) is 12.0. The number of pyridine rings is 1. The third kappa shape index (κ3) is 3.89. The fourth-order valence-corrected chi connectivity index (χ4v) is 3.77. The average Bonchev–Trinajstić information content (AvgIpc) is 2.49. The van der Waals surface area contributed by atoms with E-state index in [2.05, 4.69) is 4.98 Å². The van der Waals surface area contributed by atoms with Crippen LogP contribution in [0.15, 0.2) is 23.4 Å². The Labute approximate surface area is 130 Å². The zero-order valence-corrected chi connectivity index (χ0v) is 13.6. The first-order chi connectivity index (χ1) is 9.59. The highest BCUT2D eigenvalue weighted by molar-refractivity contribution is 8.00. The highest BCUT2D eigenvalue weighted by Gasteiger charge is 2.26. The number of rotatable bonds is 4. The molecule has 3 nitrogen and oxygen atoms in total. The van der Waals surface area contributed by atoms with E-state index in [0.29, 0.717) is 11.1 Å². The molecule has 0 saturated heterocycles. The highest BCUT2D eigenvalue weighted by Crippen LogP contribution is 2.30. The summed E-state index contributed by atoms with van der Waals surface area (Å²) in [6, 6.07) is 4.00. The molecule has 0 aromatic carbocycles. The third-order valence-corrected chi connectivity index (χ3v) is 5.35. The number of hydrogen-bond donors (Lipinski definition) is 0. The van der Waals surface area contributed by atoms with Gasteiger partial charge in [0.2, 0.25) is 5.91 Å². The lowest BCUT2D eigenvalue weighted by Gasteiger charge is -2.32. The van der Waals surface area contributed by atoms with Crippen molar-refractivity contribution < 1.29 is 4.79 Å². The number of carbonyl (C=O) groups excluding carboxylic acids is 1. The first-order valence-corrected chi connectivity index (χ1v) is 8.39. The van der Waals surface area contributed by atoms with Crippen molar-refractivity contribution in [2.24, 2.45) is 0 Å². The zero-order chi connectivity index (χ0) is 14.5. The van der Waals surface area contributed by atoms with E-state index in [-0.39, 0.29) is 11.2 Å². The summed E-state index contributed by atoms with van der Waals surface area (Å²) in [6.45, 7) is 1.93. The maximum atomic E-state index is 12.5. The van der Waals surface area contributed by atoms with Crippen LogP contribution in [0.4, 0.5) is 0 Å².